The predicted molar refractivity (Wildman–Crippen MR) is 119 cm³/mol. The summed E-state index contributed by atoms with van der Waals surface area (Å²) in [5.74, 6) is -1.23. The molecule has 1 heterocycles. The number of ether oxygens (including phenoxy) is 1. The lowest BCUT2D eigenvalue weighted by molar-refractivity contribution is -0.119. The van der Waals surface area contributed by atoms with E-state index in [-0.39, 0.29) is 15.6 Å². The molecule has 3 rings (SSSR count). The Labute approximate surface area is 187 Å². The molecule has 2 aromatic carbocycles. The third-order valence-electron chi connectivity index (χ3n) is 5.11. The maximum absolute atomic E-state index is 13.0. The van der Waals surface area contributed by atoms with Gasteiger partial charge in [-0.15, -0.1) is 0 Å². The van der Waals surface area contributed by atoms with Gasteiger partial charge in [0.25, 0.3) is 5.91 Å². The Bertz CT molecular complexity index is 1060. The number of anilines is 1. The predicted octanol–water partition coefficient (Wildman–Crippen LogP) is 4.01. The first-order valence-electron chi connectivity index (χ1n) is 10.1. The minimum Gasteiger partial charge on any atom is -0.452 e. The molecular formula is C22H25ClN2O5S. The van der Waals surface area contributed by atoms with E-state index in [1.807, 2.05) is 0 Å². The fourth-order valence-electron chi connectivity index (χ4n) is 3.39. The molecule has 31 heavy (non-hydrogen) atoms. The number of nitrogens with zero attached hydrogens (tertiary/aromatic N) is 1. The van der Waals surface area contributed by atoms with E-state index in [1.54, 1.807) is 31.2 Å². The molecule has 1 fully saturated rings. The quantitative estimate of drug-likeness (QED) is 0.652. The summed E-state index contributed by atoms with van der Waals surface area (Å²) in [6.07, 6.45) is 3.66. The van der Waals surface area contributed by atoms with Crippen molar-refractivity contribution < 1.29 is 22.7 Å². The molecule has 0 radical (unpaired) electrons. The van der Waals surface area contributed by atoms with Gasteiger partial charge in [-0.1, -0.05) is 42.6 Å². The number of halogens is 1. The molecule has 0 spiro atoms. The highest BCUT2D eigenvalue weighted by atomic mass is 35.5. The second kappa shape index (κ2) is 10.3. The van der Waals surface area contributed by atoms with Gasteiger partial charge < -0.3 is 10.1 Å². The van der Waals surface area contributed by atoms with Crippen LogP contribution in [0, 0.1) is 6.92 Å². The fourth-order valence-corrected chi connectivity index (χ4v) is 5.10. The zero-order valence-corrected chi connectivity index (χ0v) is 18.8. The number of esters is 1. The number of sulfonamides is 1. The fraction of sp³-hybridized carbons (Fsp3) is 0.364. The Morgan fingerprint density at radius 1 is 1.06 bits per heavy atom. The largest absolute Gasteiger partial charge is 0.452 e. The van der Waals surface area contributed by atoms with Crippen LogP contribution in [0.5, 0.6) is 0 Å². The van der Waals surface area contributed by atoms with E-state index < -0.39 is 28.5 Å². The monoisotopic (exact) mass is 464 g/mol. The average Bonchev–Trinajstić information content (AvgIpc) is 3.04. The van der Waals surface area contributed by atoms with Gasteiger partial charge >= 0.3 is 5.97 Å². The van der Waals surface area contributed by atoms with Crippen LogP contribution in [-0.4, -0.2) is 44.3 Å². The first kappa shape index (κ1) is 23.2. The average molecular weight is 465 g/mol. The van der Waals surface area contributed by atoms with Crippen molar-refractivity contribution in [1.29, 1.82) is 0 Å². The molecule has 0 bridgehead atoms. The van der Waals surface area contributed by atoms with Crippen molar-refractivity contribution in [3.05, 3.63) is 58.6 Å². The minimum absolute atomic E-state index is 0.0611. The van der Waals surface area contributed by atoms with Crippen LogP contribution >= 0.6 is 11.6 Å². The lowest BCUT2D eigenvalue weighted by Crippen LogP contribution is -2.32. The van der Waals surface area contributed by atoms with E-state index in [0.717, 1.165) is 31.2 Å². The van der Waals surface area contributed by atoms with Crippen molar-refractivity contribution >= 4 is 39.2 Å². The van der Waals surface area contributed by atoms with Crippen molar-refractivity contribution in [2.45, 2.75) is 37.5 Å². The summed E-state index contributed by atoms with van der Waals surface area (Å²) >= 11 is 6.15. The molecule has 0 saturated carbocycles. The lowest BCUT2D eigenvalue weighted by atomic mass is 10.1. The number of carbonyl (C=O) groups excluding carboxylic acids is 2. The Balaban J connectivity index is 1.68. The van der Waals surface area contributed by atoms with Crippen LogP contribution in [0.25, 0.3) is 0 Å². The van der Waals surface area contributed by atoms with Gasteiger partial charge in [-0.2, -0.15) is 4.31 Å². The Kier molecular flexibility index (Phi) is 7.69. The van der Waals surface area contributed by atoms with Gasteiger partial charge in [-0.25, -0.2) is 13.2 Å². The lowest BCUT2D eigenvalue weighted by Gasteiger charge is -2.20. The summed E-state index contributed by atoms with van der Waals surface area (Å²) < 4.78 is 32.5. The molecule has 1 aliphatic rings. The highest BCUT2D eigenvalue weighted by molar-refractivity contribution is 7.89. The van der Waals surface area contributed by atoms with Crippen molar-refractivity contribution in [2.24, 2.45) is 0 Å². The van der Waals surface area contributed by atoms with Crippen LogP contribution in [0.1, 0.15) is 41.6 Å². The first-order valence-corrected chi connectivity index (χ1v) is 11.9. The van der Waals surface area contributed by atoms with E-state index in [0.29, 0.717) is 18.7 Å². The molecule has 0 atom stereocenters. The van der Waals surface area contributed by atoms with E-state index in [9.17, 15) is 18.0 Å². The number of nitrogens with one attached hydrogen (secondary N) is 1. The van der Waals surface area contributed by atoms with Crippen molar-refractivity contribution in [3.8, 4) is 0 Å². The van der Waals surface area contributed by atoms with Gasteiger partial charge in [0.15, 0.2) is 6.61 Å². The minimum atomic E-state index is -3.69. The SMILES string of the molecule is Cc1ccccc1C(=O)OCC(=O)Nc1cc(S(=O)(=O)N2CCCCCC2)ccc1Cl. The van der Waals surface area contributed by atoms with E-state index >= 15 is 0 Å². The molecule has 1 aliphatic heterocycles. The normalized spacial score (nSPS) is 15.2. The molecule has 0 aliphatic carbocycles. The number of hydrogen-bond acceptors (Lipinski definition) is 5. The van der Waals surface area contributed by atoms with Gasteiger partial charge in [-0.05, 0) is 49.6 Å². The Morgan fingerprint density at radius 3 is 2.42 bits per heavy atom. The van der Waals surface area contributed by atoms with Gasteiger partial charge in [0.1, 0.15) is 0 Å². The first-order chi connectivity index (χ1) is 14.8. The number of hydrogen-bond donors (Lipinski definition) is 1. The van der Waals surface area contributed by atoms with E-state index in [2.05, 4.69) is 5.32 Å². The van der Waals surface area contributed by atoms with Crippen LogP contribution < -0.4 is 5.32 Å². The van der Waals surface area contributed by atoms with E-state index in [1.165, 1.54) is 22.5 Å². The summed E-state index contributed by atoms with van der Waals surface area (Å²) in [7, 11) is -3.69. The summed E-state index contributed by atoms with van der Waals surface area (Å²) in [6.45, 7) is 2.20. The molecule has 166 valence electrons. The topological polar surface area (TPSA) is 92.8 Å². The number of aryl methyl sites for hydroxylation is 1. The van der Waals surface area contributed by atoms with Gasteiger partial charge in [-0.3, -0.25) is 4.79 Å². The van der Waals surface area contributed by atoms with Gasteiger partial charge in [0.05, 0.1) is 21.2 Å². The molecule has 0 unspecified atom stereocenters. The third kappa shape index (κ3) is 5.84. The van der Waals surface area contributed by atoms with Gasteiger partial charge in [0, 0.05) is 13.1 Å². The van der Waals surface area contributed by atoms with E-state index in [4.69, 9.17) is 16.3 Å². The van der Waals surface area contributed by atoms with Crippen LogP contribution in [0.15, 0.2) is 47.4 Å². The van der Waals surface area contributed by atoms with Crippen LogP contribution in [0.4, 0.5) is 5.69 Å². The van der Waals surface area contributed by atoms with Crippen LogP contribution in [0.2, 0.25) is 5.02 Å². The zero-order chi connectivity index (χ0) is 22.4. The van der Waals surface area contributed by atoms with Crippen molar-refractivity contribution in [1.82, 2.24) is 4.31 Å². The van der Waals surface area contributed by atoms with Crippen LogP contribution in [0.3, 0.4) is 0 Å². The molecular weight excluding hydrogens is 440 g/mol. The molecule has 1 saturated heterocycles. The summed E-state index contributed by atoms with van der Waals surface area (Å²) in [5.41, 5.74) is 1.26. The second-order valence-electron chi connectivity index (χ2n) is 7.40. The molecule has 7 nitrogen and oxygen atoms in total. The summed E-state index contributed by atoms with van der Waals surface area (Å²) in [4.78, 5) is 24.5. The standard InChI is InChI=1S/C22H25ClN2O5S/c1-16-8-4-5-9-18(16)22(27)30-15-21(26)24-20-14-17(10-11-19(20)23)31(28,29)25-12-6-2-3-7-13-25/h4-5,8-11,14H,2-3,6-7,12-13,15H2,1H3,(H,24,26). The number of carbonyl (C=O) groups is 2. The highest BCUT2D eigenvalue weighted by Gasteiger charge is 2.26. The maximum atomic E-state index is 13.0. The van der Waals surface area contributed by atoms with Crippen LogP contribution in [-0.2, 0) is 19.6 Å². The second-order valence-corrected chi connectivity index (χ2v) is 9.74. The number of rotatable bonds is 6. The number of amides is 1. The van der Waals surface area contributed by atoms with Gasteiger partial charge in [0.2, 0.25) is 10.0 Å². The molecule has 1 N–H and O–H groups in total. The summed E-state index contributed by atoms with van der Waals surface area (Å²) in [5, 5.41) is 2.72. The van der Waals surface area contributed by atoms with Crippen molar-refractivity contribution in [3.63, 3.8) is 0 Å². The molecule has 0 aromatic heterocycles. The smallest absolute Gasteiger partial charge is 0.338 e. The Hall–Kier alpha value is -2.42. The molecule has 9 heteroatoms. The Morgan fingerprint density at radius 2 is 1.74 bits per heavy atom. The number of benzene rings is 2. The maximum Gasteiger partial charge on any atom is 0.338 e. The summed E-state index contributed by atoms with van der Waals surface area (Å²) in [6, 6.07) is 11.1. The highest BCUT2D eigenvalue weighted by Crippen LogP contribution is 2.28. The third-order valence-corrected chi connectivity index (χ3v) is 7.34. The zero-order valence-electron chi connectivity index (χ0n) is 17.3. The van der Waals surface area contributed by atoms with Crippen molar-refractivity contribution in [2.75, 3.05) is 25.0 Å². The molecule has 2 aromatic rings. The molecule has 1 amide bonds.